The SMILES string of the molecule is CC1=CC(C)(OP(=O)(O)O)CC(C)=C1. The lowest BCUT2D eigenvalue weighted by molar-refractivity contribution is 0.0873. The van der Waals surface area contributed by atoms with Crippen molar-refractivity contribution in [3.63, 3.8) is 0 Å². The summed E-state index contributed by atoms with van der Waals surface area (Å²) in [6.07, 6.45) is 4.22. The van der Waals surface area contributed by atoms with Gasteiger partial charge < -0.3 is 9.79 Å². The van der Waals surface area contributed by atoms with Gasteiger partial charge in [0.1, 0.15) is 0 Å². The molecule has 0 saturated heterocycles. The van der Waals surface area contributed by atoms with Gasteiger partial charge in [-0.25, -0.2) is 4.57 Å². The molecule has 0 aliphatic heterocycles. The molecule has 2 N–H and O–H groups in total. The maximum absolute atomic E-state index is 10.7. The Balaban J connectivity index is 2.88. The lowest BCUT2D eigenvalue weighted by Crippen LogP contribution is -2.27. The molecule has 1 rings (SSSR count). The number of hydrogen-bond donors (Lipinski definition) is 2. The predicted molar refractivity (Wildman–Crippen MR) is 53.7 cm³/mol. The Morgan fingerprint density at radius 3 is 2.50 bits per heavy atom. The highest BCUT2D eigenvalue weighted by Gasteiger charge is 2.33. The third kappa shape index (κ3) is 3.39. The first kappa shape index (κ1) is 11.7. The Kier molecular flexibility index (Phi) is 3.02. The zero-order valence-corrected chi connectivity index (χ0v) is 9.41. The zero-order valence-electron chi connectivity index (χ0n) is 8.52. The molecule has 1 atom stereocenters. The van der Waals surface area contributed by atoms with Gasteiger partial charge in [0, 0.05) is 6.42 Å². The molecule has 1 aliphatic carbocycles. The predicted octanol–water partition coefficient (Wildman–Crippen LogP) is 2.15. The molecule has 0 aromatic rings. The molecule has 14 heavy (non-hydrogen) atoms. The van der Waals surface area contributed by atoms with Gasteiger partial charge in [-0.1, -0.05) is 17.2 Å². The highest BCUT2D eigenvalue weighted by Crippen LogP contribution is 2.45. The molecule has 0 heterocycles. The van der Waals surface area contributed by atoms with Crippen LogP contribution in [-0.2, 0) is 9.09 Å². The number of hydrogen-bond acceptors (Lipinski definition) is 2. The van der Waals surface area contributed by atoms with Crippen molar-refractivity contribution in [1.29, 1.82) is 0 Å². The van der Waals surface area contributed by atoms with Crippen molar-refractivity contribution in [3.8, 4) is 0 Å². The van der Waals surface area contributed by atoms with E-state index in [9.17, 15) is 4.57 Å². The van der Waals surface area contributed by atoms with Crippen LogP contribution in [-0.4, -0.2) is 15.4 Å². The van der Waals surface area contributed by atoms with E-state index in [1.54, 1.807) is 13.0 Å². The van der Waals surface area contributed by atoms with Gasteiger partial charge in [0.15, 0.2) is 0 Å². The van der Waals surface area contributed by atoms with Crippen LogP contribution in [0.15, 0.2) is 23.3 Å². The second-order valence-electron chi connectivity index (χ2n) is 3.95. The van der Waals surface area contributed by atoms with Gasteiger partial charge in [0.2, 0.25) is 0 Å². The first-order valence-electron chi connectivity index (χ1n) is 4.33. The van der Waals surface area contributed by atoms with Gasteiger partial charge in [-0.2, -0.15) is 0 Å². The molecule has 0 aromatic carbocycles. The van der Waals surface area contributed by atoms with Gasteiger partial charge in [-0.3, -0.25) is 4.52 Å². The molecule has 5 heteroatoms. The first-order chi connectivity index (χ1) is 6.20. The van der Waals surface area contributed by atoms with Gasteiger partial charge >= 0.3 is 7.82 Å². The Hall–Kier alpha value is -0.410. The average molecular weight is 218 g/mol. The Bertz CT molecular complexity index is 339. The smallest absolute Gasteiger partial charge is 0.303 e. The summed E-state index contributed by atoms with van der Waals surface area (Å²) in [6, 6.07) is 0. The number of phosphoric ester groups is 1. The van der Waals surface area contributed by atoms with Crippen LogP contribution in [0.25, 0.3) is 0 Å². The zero-order chi connectivity index (χ0) is 11.0. The average Bonchev–Trinajstić information content (AvgIpc) is 1.74. The summed E-state index contributed by atoms with van der Waals surface area (Å²) in [5, 5.41) is 0. The second kappa shape index (κ2) is 3.63. The number of allylic oxidation sites excluding steroid dienone is 2. The summed E-state index contributed by atoms with van der Waals surface area (Å²) in [5.74, 6) is 0. The van der Waals surface area contributed by atoms with Crippen LogP contribution in [0.3, 0.4) is 0 Å². The van der Waals surface area contributed by atoms with E-state index in [-0.39, 0.29) is 0 Å². The van der Waals surface area contributed by atoms with Crippen LogP contribution in [0.2, 0.25) is 0 Å². The Morgan fingerprint density at radius 1 is 1.50 bits per heavy atom. The van der Waals surface area contributed by atoms with E-state index in [0.29, 0.717) is 6.42 Å². The lowest BCUT2D eigenvalue weighted by atomic mass is 9.89. The van der Waals surface area contributed by atoms with E-state index in [0.717, 1.165) is 11.1 Å². The molecule has 0 radical (unpaired) electrons. The van der Waals surface area contributed by atoms with E-state index in [4.69, 9.17) is 14.3 Å². The minimum absolute atomic E-state index is 0.509. The van der Waals surface area contributed by atoms with Crippen molar-refractivity contribution in [2.75, 3.05) is 0 Å². The highest BCUT2D eigenvalue weighted by molar-refractivity contribution is 7.46. The summed E-state index contributed by atoms with van der Waals surface area (Å²) in [6.45, 7) is 5.47. The molecule has 1 aliphatic rings. The van der Waals surface area contributed by atoms with E-state index < -0.39 is 13.4 Å². The molecule has 0 amide bonds. The molecule has 0 spiro atoms. The van der Waals surface area contributed by atoms with Crippen molar-refractivity contribution in [2.24, 2.45) is 0 Å². The fourth-order valence-electron chi connectivity index (χ4n) is 1.90. The fourth-order valence-corrected chi connectivity index (χ4v) is 2.56. The Labute approximate surface area is 83.5 Å². The largest absolute Gasteiger partial charge is 0.470 e. The highest BCUT2D eigenvalue weighted by atomic mass is 31.2. The van der Waals surface area contributed by atoms with Crippen molar-refractivity contribution in [3.05, 3.63) is 23.3 Å². The summed E-state index contributed by atoms with van der Waals surface area (Å²) in [7, 11) is -4.42. The van der Waals surface area contributed by atoms with Crippen LogP contribution in [0.4, 0.5) is 0 Å². The molecule has 1 unspecified atom stereocenters. The van der Waals surface area contributed by atoms with E-state index in [2.05, 4.69) is 0 Å². The van der Waals surface area contributed by atoms with Crippen LogP contribution >= 0.6 is 7.82 Å². The molecule has 0 saturated carbocycles. The molecule has 80 valence electrons. The maximum atomic E-state index is 10.7. The minimum atomic E-state index is -4.42. The normalized spacial score (nSPS) is 28.4. The topological polar surface area (TPSA) is 66.8 Å². The molecule has 0 bridgehead atoms. The molecule has 0 fully saturated rings. The summed E-state index contributed by atoms with van der Waals surface area (Å²) in [5.41, 5.74) is 1.13. The van der Waals surface area contributed by atoms with Gasteiger partial charge in [0.05, 0.1) is 5.60 Å². The summed E-state index contributed by atoms with van der Waals surface area (Å²) in [4.78, 5) is 17.5. The van der Waals surface area contributed by atoms with Crippen molar-refractivity contribution in [1.82, 2.24) is 0 Å². The molecular formula is C9H15O4P. The second-order valence-corrected chi connectivity index (χ2v) is 5.11. The summed E-state index contributed by atoms with van der Waals surface area (Å²) >= 11 is 0. The Morgan fingerprint density at radius 2 is 2.07 bits per heavy atom. The van der Waals surface area contributed by atoms with Crippen LogP contribution in [0.5, 0.6) is 0 Å². The van der Waals surface area contributed by atoms with Crippen LogP contribution in [0, 0.1) is 0 Å². The van der Waals surface area contributed by atoms with E-state index >= 15 is 0 Å². The molecule has 4 nitrogen and oxygen atoms in total. The van der Waals surface area contributed by atoms with Crippen LogP contribution < -0.4 is 0 Å². The number of rotatable bonds is 2. The number of phosphoric acid groups is 1. The van der Waals surface area contributed by atoms with Crippen LogP contribution in [0.1, 0.15) is 27.2 Å². The molecule has 0 aromatic heterocycles. The van der Waals surface area contributed by atoms with E-state index in [1.807, 2.05) is 19.9 Å². The third-order valence-corrected chi connectivity index (χ3v) is 2.62. The van der Waals surface area contributed by atoms with E-state index in [1.165, 1.54) is 0 Å². The lowest BCUT2D eigenvalue weighted by Gasteiger charge is -2.30. The molecular weight excluding hydrogens is 203 g/mol. The standard InChI is InChI=1S/C9H15O4P/c1-7-4-8(2)6-9(3,5-7)13-14(10,11)12/h4-5H,6H2,1-3H3,(H2,10,11,12). The quantitative estimate of drug-likeness (QED) is 0.697. The van der Waals surface area contributed by atoms with Gasteiger partial charge in [0.25, 0.3) is 0 Å². The third-order valence-electron chi connectivity index (χ3n) is 1.96. The minimum Gasteiger partial charge on any atom is -0.303 e. The maximum Gasteiger partial charge on any atom is 0.470 e. The van der Waals surface area contributed by atoms with Crippen molar-refractivity contribution < 1.29 is 18.9 Å². The monoisotopic (exact) mass is 218 g/mol. The fraction of sp³-hybridized carbons (Fsp3) is 0.556. The summed E-state index contributed by atoms with van der Waals surface area (Å²) < 4.78 is 15.5. The van der Waals surface area contributed by atoms with Crippen molar-refractivity contribution >= 4 is 7.82 Å². The van der Waals surface area contributed by atoms with Crippen molar-refractivity contribution in [2.45, 2.75) is 32.8 Å². The first-order valence-corrected chi connectivity index (χ1v) is 5.86. The van der Waals surface area contributed by atoms with Gasteiger partial charge in [-0.05, 0) is 26.8 Å². The van der Waals surface area contributed by atoms with Gasteiger partial charge in [-0.15, -0.1) is 0 Å².